The molecule has 21 heavy (non-hydrogen) atoms. The number of carboxylic acids is 1. The topological polar surface area (TPSA) is 57.6 Å². The average Bonchev–Trinajstić information content (AvgIpc) is 3.03. The highest BCUT2D eigenvalue weighted by Crippen LogP contribution is 2.48. The van der Waals surface area contributed by atoms with Crippen LogP contribution in [0, 0.1) is 11.3 Å². The number of thioether (sulfide) groups is 1. The van der Waals surface area contributed by atoms with Gasteiger partial charge in [0.25, 0.3) is 0 Å². The monoisotopic (exact) mass is 305 g/mol. The average molecular weight is 305 g/mol. The number of carbonyl (C=O) groups is 2. The lowest BCUT2D eigenvalue weighted by atomic mass is 9.81. The number of fused-ring (bicyclic) bond motifs is 1. The van der Waals surface area contributed by atoms with E-state index in [1.165, 1.54) is 11.8 Å². The summed E-state index contributed by atoms with van der Waals surface area (Å²) < 4.78 is 0. The standard InChI is InChI=1S/C16H19NO3S/c18-14(10-21-13-6-2-1-3-7-13)17-9-12-5-4-8-16(12,11-17)15(19)20/h1-3,6-7,12H,4-5,8-11H2,(H,19,20)/t12-,16+/m0/s1. The summed E-state index contributed by atoms with van der Waals surface area (Å²) in [6, 6.07) is 9.81. The van der Waals surface area contributed by atoms with Crippen LogP contribution < -0.4 is 0 Å². The Labute approximate surface area is 128 Å². The second-order valence-corrected chi connectivity index (χ2v) is 6.98. The van der Waals surface area contributed by atoms with Crippen LogP contribution in [0.1, 0.15) is 19.3 Å². The second kappa shape index (κ2) is 5.72. The maximum atomic E-state index is 12.3. The smallest absolute Gasteiger partial charge is 0.311 e. The molecular formula is C16H19NO3S. The predicted octanol–water partition coefficient (Wildman–Crippen LogP) is 2.49. The number of nitrogens with zero attached hydrogens (tertiary/aromatic N) is 1. The van der Waals surface area contributed by atoms with E-state index in [4.69, 9.17) is 0 Å². The summed E-state index contributed by atoms with van der Waals surface area (Å²) in [5.41, 5.74) is -0.674. The van der Waals surface area contributed by atoms with Crippen molar-refractivity contribution in [2.45, 2.75) is 24.2 Å². The van der Waals surface area contributed by atoms with E-state index in [2.05, 4.69) is 0 Å². The van der Waals surface area contributed by atoms with Crippen molar-refractivity contribution < 1.29 is 14.7 Å². The second-order valence-electron chi connectivity index (χ2n) is 5.93. The quantitative estimate of drug-likeness (QED) is 0.868. The largest absolute Gasteiger partial charge is 0.481 e. The van der Waals surface area contributed by atoms with Crippen LogP contribution in [0.2, 0.25) is 0 Å². The lowest BCUT2D eigenvalue weighted by molar-refractivity contribution is -0.149. The molecule has 1 aromatic carbocycles. The molecule has 0 aromatic heterocycles. The molecule has 3 rings (SSSR count). The van der Waals surface area contributed by atoms with Crippen molar-refractivity contribution >= 4 is 23.6 Å². The molecule has 1 N–H and O–H groups in total. The fraction of sp³-hybridized carbons (Fsp3) is 0.500. The van der Waals surface area contributed by atoms with Gasteiger partial charge in [0.05, 0.1) is 11.2 Å². The molecule has 0 unspecified atom stereocenters. The minimum Gasteiger partial charge on any atom is -0.481 e. The normalized spacial score (nSPS) is 27.6. The Morgan fingerprint density at radius 3 is 2.76 bits per heavy atom. The number of hydrogen-bond donors (Lipinski definition) is 1. The molecule has 0 spiro atoms. The summed E-state index contributed by atoms with van der Waals surface area (Å²) in [6.45, 7) is 1.00. The Morgan fingerprint density at radius 2 is 2.10 bits per heavy atom. The fourth-order valence-corrected chi connectivity index (χ4v) is 4.40. The number of likely N-dealkylation sites (tertiary alicyclic amines) is 1. The molecule has 1 aliphatic heterocycles. The van der Waals surface area contributed by atoms with E-state index < -0.39 is 11.4 Å². The number of benzene rings is 1. The van der Waals surface area contributed by atoms with Crippen molar-refractivity contribution in [3.05, 3.63) is 30.3 Å². The maximum absolute atomic E-state index is 12.3. The summed E-state index contributed by atoms with van der Waals surface area (Å²) >= 11 is 1.51. The Balaban J connectivity index is 1.61. The summed E-state index contributed by atoms with van der Waals surface area (Å²) in [5, 5.41) is 9.54. The Bertz CT molecular complexity index is 548. The van der Waals surface area contributed by atoms with E-state index in [1.54, 1.807) is 4.90 Å². The fourth-order valence-electron chi connectivity index (χ4n) is 3.58. The number of hydrogen-bond acceptors (Lipinski definition) is 3. The zero-order chi connectivity index (χ0) is 14.9. The lowest BCUT2D eigenvalue weighted by Gasteiger charge is -2.23. The van der Waals surface area contributed by atoms with Crippen molar-refractivity contribution in [3.63, 3.8) is 0 Å². The summed E-state index contributed by atoms with van der Waals surface area (Å²) in [7, 11) is 0. The van der Waals surface area contributed by atoms with Crippen LogP contribution in [-0.4, -0.2) is 40.7 Å². The maximum Gasteiger partial charge on any atom is 0.311 e. The SMILES string of the molecule is O=C(CSc1ccccc1)N1C[C@@H]2CCC[C@@]2(C(=O)O)C1. The molecule has 2 atom stereocenters. The van der Waals surface area contributed by atoms with Gasteiger partial charge < -0.3 is 10.0 Å². The Kier molecular flexibility index (Phi) is 3.93. The lowest BCUT2D eigenvalue weighted by Crippen LogP contribution is -2.37. The van der Waals surface area contributed by atoms with Gasteiger partial charge in [-0.3, -0.25) is 9.59 Å². The first kappa shape index (κ1) is 14.4. The van der Waals surface area contributed by atoms with E-state index in [9.17, 15) is 14.7 Å². The molecule has 1 saturated heterocycles. The van der Waals surface area contributed by atoms with Gasteiger partial charge in [0.15, 0.2) is 0 Å². The minimum absolute atomic E-state index is 0.0545. The number of aliphatic carboxylic acids is 1. The molecular weight excluding hydrogens is 286 g/mol. The molecule has 0 radical (unpaired) electrons. The first-order chi connectivity index (χ1) is 10.1. The molecule has 1 amide bonds. The van der Waals surface area contributed by atoms with Crippen LogP contribution in [0.5, 0.6) is 0 Å². The molecule has 1 heterocycles. The molecule has 0 bridgehead atoms. The third-order valence-corrected chi connectivity index (χ3v) is 5.75. The summed E-state index contributed by atoms with van der Waals surface area (Å²) in [6.07, 6.45) is 2.61. The van der Waals surface area contributed by atoms with Crippen LogP contribution in [0.15, 0.2) is 35.2 Å². The molecule has 5 heteroatoms. The van der Waals surface area contributed by atoms with Gasteiger partial charge in [-0.25, -0.2) is 0 Å². The molecule has 112 valence electrons. The summed E-state index contributed by atoms with van der Waals surface area (Å²) in [4.78, 5) is 26.8. The van der Waals surface area contributed by atoms with Crippen LogP contribution in [0.3, 0.4) is 0 Å². The van der Waals surface area contributed by atoms with Gasteiger partial charge in [-0.1, -0.05) is 24.6 Å². The molecule has 2 fully saturated rings. The van der Waals surface area contributed by atoms with Gasteiger partial charge in [-0.05, 0) is 30.9 Å². The minimum atomic E-state index is -0.726. The zero-order valence-electron chi connectivity index (χ0n) is 11.8. The van der Waals surface area contributed by atoms with Crippen molar-refractivity contribution in [3.8, 4) is 0 Å². The van der Waals surface area contributed by atoms with E-state index in [1.807, 2.05) is 30.3 Å². The van der Waals surface area contributed by atoms with Crippen LogP contribution >= 0.6 is 11.8 Å². The van der Waals surface area contributed by atoms with Gasteiger partial charge in [0.2, 0.25) is 5.91 Å². The highest BCUT2D eigenvalue weighted by molar-refractivity contribution is 8.00. The summed E-state index contributed by atoms with van der Waals surface area (Å²) in [5.74, 6) is -0.151. The molecule has 1 saturated carbocycles. The number of amides is 1. The first-order valence-corrected chi connectivity index (χ1v) is 8.29. The van der Waals surface area contributed by atoms with Gasteiger partial charge in [0.1, 0.15) is 0 Å². The van der Waals surface area contributed by atoms with E-state index in [-0.39, 0.29) is 11.8 Å². The van der Waals surface area contributed by atoms with E-state index in [0.29, 0.717) is 25.3 Å². The van der Waals surface area contributed by atoms with Gasteiger partial charge in [0, 0.05) is 18.0 Å². The Morgan fingerprint density at radius 1 is 1.33 bits per heavy atom. The molecule has 4 nitrogen and oxygen atoms in total. The van der Waals surface area contributed by atoms with Crippen LogP contribution in [0.4, 0.5) is 0 Å². The highest BCUT2D eigenvalue weighted by Gasteiger charge is 2.55. The third-order valence-electron chi connectivity index (χ3n) is 4.75. The number of carbonyl (C=O) groups excluding carboxylic acids is 1. The predicted molar refractivity (Wildman–Crippen MR) is 81.2 cm³/mol. The van der Waals surface area contributed by atoms with Gasteiger partial charge in [-0.2, -0.15) is 0 Å². The first-order valence-electron chi connectivity index (χ1n) is 7.31. The van der Waals surface area contributed by atoms with Gasteiger partial charge in [-0.15, -0.1) is 11.8 Å². The molecule has 2 aliphatic rings. The van der Waals surface area contributed by atoms with Crippen molar-refractivity contribution in [2.75, 3.05) is 18.8 Å². The van der Waals surface area contributed by atoms with Gasteiger partial charge >= 0.3 is 5.97 Å². The van der Waals surface area contributed by atoms with E-state index in [0.717, 1.165) is 17.7 Å². The highest BCUT2D eigenvalue weighted by atomic mass is 32.2. The van der Waals surface area contributed by atoms with Crippen LogP contribution in [0.25, 0.3) is 0 Å². The molecule has 1 aliphatic carbocycles. The molecule has 1 aromatic rings. The Hall–Kier alpha value is -1.49. The van der Waals surface area contributed by atoms with Crippen molar-refractivity contribution in [2.24, 2.45) is 11.3 Å². The zero-order valence-corrected chi connectivity index (χ0v) is 12.6. The number of rotatable bonds is 4. The van der Waals surface area contributed by atoms with Crippen LogP contribution in [-0.2, 0) is 9.59 Å². The van der Waals surface area contributed by atoms with E-state index >= 15 is 0 Å². The number of carboxylic acid groups (broad SMARTS) is 1. The third kappa shape index (κ3) is 2.67. The van der Waals surface area contributed by atoms with Crippen molar-refractivity contribution in [1.82, 2.24) is 4.90 Å². The van der Waals surface area contributed by atoms with Crippen molar-refractivity contribution in [1.29, 1.82) is 0 Å².